The van der Waals surface area contributed by atoms with E-state index < -0.39 is 205 Å². The van der Waals surface area contributed by atoms with Gasteiger partial charge in [0.2, 0.25) is 88.6 Å². The number of nitrogens with two attached hydrogens (primary N) is 1. The van der Waals surface area contributed by atoms with Crippen LogP contribution in [-0.2, 0) is 115 Å². The van der Waals surface area contributed by atoms with Crippen LogP contribution in [0.3, 0.4) is 0 Å². The summed E-state index contributed by atoms with van der Waals surface area (Å²) in [4.78, 5) is 241. The molecule has 16 N–H and O–H groups in total. The zero-order chi connectivity index (χ0) is 94.3. The number of likely N-dealkylation sites (N-methyl/N-ethyl adjacent to an activating group) is 4. The number of unbranched alkanes of at least 4 members (excludes halogenated alkanes) is 1. The Labute approximate surface area is 757 Å². The van der Waals surface area contributed by atoms with Crippen LogP contribution in [0, 0.1) is 11.8 Å². The summed E-state index contributed by atoms with van der Waals surface area (Å²) in [6, 6.07) is 24.6. The van der Waals surface area contributed by atoms with Gasteiger partial charge in [0, 0.05) is 94.6 Å². The molecule has 8 rings (SSSR count). The number of fused-ring (bicyclic) bond motifs is 1. The van der Waals surface area contributed by atoms with Gasteiger partial charge < -0.3 is 98.8 Å². The molecule has 1 aliphatic rings. The van der Waals surface area contributed by atoms with Crippen molar-refractivity contribution >= 4 is 129 Å². The number of rotatable bonds is 23. The molecule has 35 nitrogen and oxygen atoms in total. The average Bonchev–Trinajstić information content (AvgIpc) is 1.71. The summed E-state index contributed by atoms with van der Waals surface area (Å²) in [7, 11) is 5.21. The number of H-pyrrole nitrogens is 1. The third-order valence-corrected chi connectivity index (χ3v) is 23.1. The highest BCUT2D eigenvalue weighted by atomic mass is 35.5. The Balaban J connectivity index is 1.21. The molecule has 2 heterocycles. The van der Waals surface area contributed by atoms with Gasteiger partial charge in [0.25, 0.3) is 0 Å². The normalized spacial score (nSPS) is 21.8. The highest BCUT2D eigenvalue weighted by Crippen LogP contribution is 2.25. The van der Waals surface area contributed by atoms with E-state index in [-0.39, 0.29) is 73.8 Å². The molecule has 6 aromatic carbocycles. The average molecular weight is 1820 g/mol. The SMILES string of the molecule is CCCC[C@H]1C(=O)N(C)CC(=O)N[C@@H](CC(=O)O)C(=O)N[C@@H](C(C)C)C(=O)N[C@@H](Cc2ccccc2Cl)C(=O)N[C@@H](Cc2ccc(O)cc2)C(=O)N(C)CC(=O)N[C@@H](Cc2c[nH]c3ccccc23)C(=O)NC(Cc2ccc(O)cc2)C(=O)N[C@@H](CC(C)C)C(=O)N[C@H](C(=O)NCC(N)=O)CSCC(=O)N[C@@H](Cc2ccccc2)C(=O)N(C)[C@@H](Cc2ccccc2)C(=O)N1C. The summed E-state index contributed by atoms with van der Waals surface area (Å²) < 4.78 is 0. The Hall–Kier alpha value is -13.4. The first-order valence-electron chi connectivity index (χ1n) is 42.4. The van der Waals surface area contributed by atoms with Gasteiger partial charge in [0.1, 0.15) is 78.0 Å². The summed E-state index contributed by atoms with van der Waals surface area (Å²) >= 11 is 7.54. The number of aromatic nitrogens is 1. The zero-order valence-corrected chi connectivity index (χ0v) is 75.0. The first kappa shape index (κ1) is 101. The fraction of sp³-hybridized carbons (Fsp3) is 0.413. The van der Waals surface area contributed by atoms with Crippen LogP contribution in [0.2, 0.25) is 5.02 Å². The van der Waals surface area contributed by atoms with Crippen LogP contribution in [0.25, 0.3) is 10.9 Å². The fourth-order valence-electron chi connectivity index (χ4n) is 14.7. The number of benzene rings is 6. The molecule has 37 heteroatoms. The molecule has 0 bridgehead atoms. The lowest BCUT2D eigenvalue weighted by Gasteiger charge is -2.37. The standard InChI is InChI=1S/C92H115ClN16O19S/c1-10-11-30-74-91(127)107(7)50-78(114)98-70(46-80(116)117)87(123)105-81(54(4)5)88(124)102-69(44-59-26-18-20-28-64(59)93)86(122)103-71(42-58-33-37-62(111)38-34-58)89(125)106(6)49-77(113)97-68(45-60-47-95-65-29-21-19-27-63(60)65)85(121)101-67(40-57-31-35-61(110)36-32-57)84(120)100-66(39-53(2)3)83(119)104-73(82(118)96-48-76(94)112)51-129-52-79(115)99-72(41-55-22-14-12-15-23-55)90(126)109(9)75(92(128)108(74)8)43-56-24-16-13-17-25-56/h12-29,31-38,47,53-54,66-75,81,95,110-111H,10-11,30,39-46,48-52H2,1-9H3,(H2,94,112)(H,96,118)(H,97,113)(H,98,114)(H,99,115)(H,100,120)(H,101,121)(H,102,124)(H,103,122)(H,104,119)(H,105,123)(H,116,117)/t66-,67?,68-,69-,70-,71-,72-,73-,74-,75-,81-/m0/s1. The second kappa shape index (κ2) is 49.1. The predicted octanol–water partition coefficient (Wildman–Crippen LogP) is 2.64. The summed E-state index contributed by atoms with van der Waals surface area (Å²) in [5.41, 5.74) is 8.85. The number of thioether (sulfide) groups is 1. The zero-order valence-electron chi connectivity index (χ0n) is 73.4. The van der Waals surface area contributed by atoms with E-state index in [1.807, 2.05) is 6.92 Å². The van der Waals surface area contributed by atoms with Crippen molar-refractivity contribution in [3.63, 3.8) is 0 Å². The second-order valence-corrected chi connectivity index (χ2v) is 34.2. The number of carboxylic acid groups (broad SMARTS) is 1. The molecular weight excluding hydrogens is 1700 g/mol. The van der Waals surface area contributed by atoms with Crippen LogP contribution in [0.15, 0.2) is 164 Å². The highest BCUT2D eigenvalue weighted by Gasteiger charge is 2.42. The molecule has 1 saturated heterocycles. The molecule has 15 amide bonds. The molecule has 7 aromatic rings. The Morgan fingerprint density at radius 2 is 0.938 bits per heavy atom. The maximum atomic E-state index is 15.5. The van der Waals surface area contributed by atoms with E-state index >= 15 is 28.8 Å². The topological polar surface area (TPSA) is 509 Å². The molecule has 11 atom stereocenters. The van der Waals surface area contributed by atoms with E-state index in [0.717, 1.165) is 31.4 Å². The van der Waals surface area contributed by atoms with Crippen LogP contribution >= 0.6 is 23.4 Å². The summed E-state index contributed by atoms with van der Waals surface area (Å²) in [5, 5.41) is 58.1. The first-order valence-corrected chi connectivity index (χ1v) is 43.9. The highest BCUT2D eigenvalue weighted by molar-refractivity contribution is 8.00. The van der Waals surface area contributed by atoms with Gasteiger partial charge in [-0.15, -0.1) is 11.8 Å². The van der Waals surface area contributed by atoms with E-state index in [4.69, 9.17) is 17.3 Å². The van der Waals surface area contributed by atoms with Crippen molar-refractivity contribution in [2.75, 3.05) is 59.3 Å². The van der Waals surface area contributed by atoms with Crippen LogP contribution in [0.4, 0.5) is 0 Å². The van der Waals surface area contributed by atoms with Crippen LogP contribution in [0.1, 0.15) is 100 Å². The van der Waals surface area contributed by atoms with Gasteiger partial charge >= 0.3 is 5.97 Å². The number of phenols is 2. The maximum Gasteiger partial charge on any atom is 0.305 e. The lowest BCUT2D eigenvalue weighted by molar-refractivity contribution is -0.151. The minimum absolute atomic E-state index is 0.0226. The van der Waals surface area contributed by atoms with Crippen LogP contribution < -0.4 is 58.9 Å². The number of aromatic hydroxyl groups is 2. The van der Waals surface area contributed by atoms with E-state index in [2.05, 4.69) is 58.2 Å². The molecule has 0 saturated carbocycles. The molecule has 0 aliphatic carbocycles. The monoisotopic (exact) mass is 1810 g/mol. The number of hydrogen-bond acceptors (Lipinski definition) is 19. The fourth-order valence-corrected chi connectivity index (χ4v) is 15.8. The van der Waals surface area contributed by atoms with Gasteiger partial charge in [-0.1, -0.05) is 180 Å². The minimum Gasteiger partial charge on any atom is -0.508 e. The quantitative estimate of drug-likeness (QED) is 0.0438. The van der Waals surface area contributed by atoms with E-state index in [1.165, 1.54) is 96.6 Å². The van der Waals surface area contributed by atoms with Gasteiger partial charge in [-0.3, -0.25) is 76.7 Å². The lowest BCUT2D eigenvalue weighted by Crippen LogP contribution is -2.61. The predicted molar refractivity (Wildman–Crippen MR) is 482 cm³/mol. The maximum absolute atomic E-state index is 15.5. The van der Waals surface area contributed by atoms with Crippen molar-refractivity contribution in [2.24, 2.45) is 17.6 Å². The lowest BCUT2D eigenvalue weighted by atomic mass is 9.99. The number of carbonyl (C=O) groups is 16. The van der Waals surface area contributed by atoms with Crippen molar-refractivity contribution in [1.29, 1.82) is 0 Å². The van der Waals surface area contributed by atoms with Crippen LogP contribution in [0.5, 0.6) is 11.5 Å². The number of nitrogens with zero attached hydrogens (tertiary/aromatic N) is 4. The molecule has 0 spiro atoms. The Morgan fingerprint density at radius 3 is 1.50 bits per heavy atom. The number of phenolic OH excluding ortho intramolecular Hbond substituents is 2. The Bertz CT molecular complexity index is 5110. The van der Waals surface area contributed by atoms with E-state index in [9.17, 15) is 63.3 Å². The number of halogens is 1. The summed E-state index contributed by atoms with van der Waals surface area (Å²) in [6.45, 7) is 6.05. The van der Waals surface area contributed by atoms with Gasteiger partial charge in [-0.25, -0.2) is 0 Å². The van der Waals surface area contributed by atoms with Crippen molar-refractivity contribution < 1.29 is 92.0 Å². The van der Waals surface area contributed by atoms with Gasteiger partial charge in [-0.2, -0.15) is 0 Å². The van der Waals surface area contributed by atoms with Gasteiger partial charge in [-0.05, 0) is 94.5 Å². The third kappa shape index (κ3) is 31.0. The number of carboxylic acids is 1. The largest absolute Gasteiger partial charge is 0.508 e. The second-order valence-electron chi connectivity index (χ2n) is 32.8. The summed E-state index contributed by atoms with van der Waals surface area (Å²) in [5.74, 6) is -17.9. The molecule has 0 radical (unpaired) electrons. The number of primary amides is 1. The molecule has 1 unspecified atom stereocenters. The van der Waals surface area contributed by atoms with E-state index in [0.29, 0.717) is 57.1 Å². The van der Waals surface area contributed by atoms with Crippen molar-refractivity contribution in [2.45, 2.75) is 172 Å². The number of carbonyl (C=O) groups excluding carboxylic acids is 15. The van der Waals surface area contributed by atoms with Gasteiger partial charge in [0.05, 0.1) is 31.8 Å². The number of aliphatic carboxylic acids is 1. The Morgan fingerprint density at radius 1 is 0.481 bits per heavy atom. The van der Waals surface area contributed by atoms with Crippen molar-refractivity contribution in [3.05, 3.63) is 202 Å². The molecule has 1 aliphatic heterocycles. The van der Waals surface area contributed by atoms with Gasteiger partial charge in [0.15, 0.2) is 0 Å². The minimum atomic E-state index is -1.93. The van der Waals surface area contributed by atoms with Crippen molar-refractivity contribution in [3.8, 4) is 11.5 Å². The molecule has 1 fully saturated rings. The molecule has 1 aromatic heterocycles. The number of hydrogen-bond donors (Lipinski definition) is 15. The number of nitrogens with one attached hydrogen (secondary N) is 11. The Kier molecular flexibility index (Phi) is 38.4. The summed E-state index contributed by atoms with van der Waals surface area (Å²) in [6.07, 6.45) is -0.167. The third-order valence-electron chi connectivity index (χ3n) is 21.7. The van der Waals surface area contributed by atoms with Crippen LogP contribution in [-0.4, -0.2) is 260 Å². The number of amides is 15. The number of para-hydroxylation sites is 1. The van der Waals surface area contributed by atoms with Crippen molar-refractivity contribution in [1.82, 2.24) is 77.8 Å². The molecule has 690 valence electrons. The van der Waals surface area contributed by atoms with E-state index in [1.54, 1.807) is 123 Å². The number of aromatic amines is 1. The first-order chi connectivity index (χ1) is 61.4. The molecule has 129 heavy (non-hydrogen) atoms. The smallest absolute Gasteiger partial charge is 0.305 e. The molecular formula is C92H115ClN16O19S.